The molecule has 0 bridgehead atoms. The van der Waals surface area contributed by atoms with Crippen LogP contribution in [0.3, 0.4) is 0 Å². The van der Waals surface area contributed by atoms with Crippen LogP contribution in [0.4, 0.5) is 18.9 Å². The fraction of sp³-hybridized carbons (Fsp3) is 0.513. The summed E-state index contributed by atoms with van der Waals surface area (Å²) >= 11 is 0. The maximum Gasteiger partial charge on any atom is 0.317 e. The van der Waals surface area contributed by atoms with Crippen LogP contribution in [0.15, 0.2) is 60.7 Å². The maximum absolute atomic E-state index is 16.4. The first-order chi connectivity index (χ1) is 22.9. The van der Waals surface area contributed by atoms with Gasteiger partial charge in [-0.05, 0) is 119 Å². The quantitative estimate of drug-likeness (QED) is 0.252. The van der Waals surface area contributed by atoms with Crippen LogP contribution in [0, 0.1) is 17.0 Å². The molecule has 3 aliphatic rings. The number of aliphatic carboxylic acids is 1. The van der Waals surface area contributed by atoms with Gasteiger partial charge in [0, 0.05) is 36.9 Å². The lowest BCUT2D eigenvalue weighted by molar-refractivity contribution is -0.138. The van der Waals surface area contributed by atoms with E-state index in [1.165, 1.54) is 26.0 Å². The molecule has 6 rings (SSSR count). The molecule has 258 valence electrons. The van der Waals surface area contributed by atoms with Gasteiger partial charge in [0.1, 0.15) is 29.7 Å². The molecule has 2 atom stereocenters. The Bertz CT molecular complexity index is 1560. The van der Waals surface area contributed by atoms with Gasteiger partial charge in [-0.1, -0.05) is 36.4 Å². The smallest absolute Gasteiger partial charge is 0.317 e. The van der Waals surface area contributed by atoms with E-state index < -0.39 is 29.3 Å². The lowest BCUT2D eigenvalue weighted by atomic mass is 9.77. The molecule has 2 fully saturated rings. The summed E-state index contributed by atoms with van der Waals surface area (Å²) in [5.74, 6) is -1.36. The number of carbonyl (C=O) groups is 1. The van der Waals surface area contributed by atoms with Crippen molar-refractivity contribution in [1.29, 1.82) is 0 Å². The van der Waals surface area contributed by atoms with Gasteiger partial charge in [0.2, 0.25) is 0 Å². The van der Waals surface area contributed by atoms with Gasteiger partial charge in [0.15, 0.2) is 0 Å². The van der Waals surface area contributed by atoms with E-state index in [0.717, 1.165) is 68.4 Å². The molecular weight excluding hydrogens is 615 g/mol. The van der Waals surface area contributed by atoms with E-state index in [0.29, 0.717) is 31.0 Å². The third-order valence-electron chi connectivity index (χ3n) is 10.5. The molecule has 1 N–H and O–H groups in total. The zero-order valence-corrected chi connectivity index (χ0v) is 28.4. The predicted octanol–water partition coefficient (Wildman–Crippen LogP) is 7.79. The lowest BCUT2D eigenvalue weighted by Crippen LogP contribution is -2.48. The summed E-state index contributed by atoms with van der Waals surface area (Å²) in [6.45, 7) is 8.45. The van der Waals surface area contributed by atoms with Crippen LogP contribution in [0.5, 0.6) is 5.75 Å². The Labute approximate surface area is 282 Å². The van der Waals surface area contributed by atoms with Gasteiger partial charge in [-0.15, -0.1) is 0 Å². The Hall–Kier alpha value is -3.56. The van der Waals surface area contributed by atoms with Crippen LogP contribution in [-0.2, 0) is 17.8 Å². The molecule has 48 heavy (non-hydrogen) atoms. The number of nitrogens with zero attached hydrogens (tertiary/aromatic N) is 3. The van der Waals surface area contributed by atoms with E-state index in [1.54, 1.807) is 0 Å². The molecule has 1 spiro atoms. The molecule has 3 heterocycles. The highest BCUT2D eigenvalue weighted by atomic mass is 19.1. The standard InChI is InChI=1S/C39H48F3N3O3/c1-27-19-29-20-31(48-24-28-9-5-4-6-10-28)11-12-32(29)37(45(27)25-38(2,3)42)36-33(40)21-30(22-34(36)41)44-18-15-39(26-44)13-7-16-43(17-8-14-39)23-35(46)47/h4-6,9-12,20-22,27,37H,7-8,13-19,23-26H2,1-3H3,(H,46,47)/t27-,37?/m1/s1. The zero-order chi connectivity index (χ0) is 34.1. The number of hydrogen-bond acceptors (Lipinski definition) is 5. The summed E-state index contributed by atoms with van der Waals surface area (Å²) in [5.41, 5.74) is 1.73. The minimum atomic E-state index is -1.57. The van der Waals surface area contributed by atoms with Crippen molar-refractivity contribution in [2.24, 2.45) is 5.41 Å². The van der Waals surface area contributed by atoms with Gasteiger partial charge in [-0.2, -0.15) is 0 Å². The van der Waals surface area contributed by atoms with Gasteiger partial charge in [-0.25, -0.2) is 13.2 Å². The summed E-state index contributed by atoms with van der Waals surface area (Å²) in [6.07, 6.45) is 5.28. The van der Waals surface area contributed by atoms with Crippen molar-refractivity contribution in [3.05, 3.63) is 94.6 Å². The molecule has 9 heteroatoms. The van der Waals surface area contributed by atoms with Crippen LogP contribution in [0.25, 0.3) is 0 Å². The number of anilines is 1. The van der Waals surface area contributed by atoms with Gasteiger partial charge in [0.25, 0.3) is 0 Å². The first-order valence-corrected chi connectivity index (χ1v) is 17.3. The largest absolute Gasteiger partial charge is 0.489 e. The van der Waals surface area contributed by atoms with Crippen LogP contribution in [0.1, 0.15) is 81.2 Å². The Morgan fingerprint density at radius 1 is 0.979 bits per heavy atom. The van der Waals surface area contributed by atoms with E-state index in [4.69, 9.17) is 4.74 Å². The first kappa shape index (κ1) is 34.3. The molecule has 0 amide bonds. The topological polar surface area (TPSA) is 56.3 Å². The van der Waals surface area contributed by atoms with Crippen molar-refractivity contribution in [1.82, 2.24) is 9.80 Å². The van der Waals surface area contributed by atoms with Crippen molar-refractivity contribution < 1.29 is 27.8 Å². The van der Waals surface area contributed by atoms with Crippen molar-refractivity contribution in [3.63, 3.8) is 0 Å². The van der Waals surface area contributed by atoms with E-state index in [-0.39, 0.29) is 30.1 Å². The molecule has 3 aliphatic heterocycles. The third kappa shape index (κ3) is 7.84. The van der Waals surface area contributed by atoms with Crippen LogP contribution < -0.4 is 9.64 Å². The summed E-state index contributed by atoms with van der Waals surface area (Å²) in [7, 11) is 0. The predicted molar refractivity (Wildman–Crippen MR) is 182 cm³/mol. The number of halogens is 3. The van der Waals surface area contributed by atoms with Gasteiger partial charge >= 0.3 is 5.97 Å². The second kappa shape index (κ2) is 14.1. The summed E-state index contributed by atoms with van der Waals surface area (Å²) in [5, 5.41) is 9.20. The second-order valence-corrected chi connectivity index (χ2v) is 14.9. The molecular formula is C39H48F3N3O3. The monoisotopic (exact) mass is 663 g/mol. The third-order valence-corrected chi connectivity index (χ3v) is 10.5. The first-order valence-electron chi connectivity index (χ1n) is 17.3. The number of carboxylic acid groups (broad SMARTS) is 1. The van der Waals surface area contributed by atoms with Gasteiger partial charge < -0.3 is 14.7 Å². The normalized spacial score (nSPS) is 21.9. The zero-order valence-electron chi connectivity index (χ0n) is 28.4. The maximum atomic E-state index is 16.4. The number of rotatable bonds is 9. The van der Waals surface area contributed by atoms with Crippen LogP contribution in [0.2, 0.25) is 0 Å². The molecule has 3 aromatic carbocycles. The van der Waals surface area contributed by atoms with E-state index in [9.17, 15) is 9.90 Å². The lowest BCUT2D eigenvalue weighted by Gasteiger charge is -2.44. The number of alkyl halides is 1. The van der Waals surface area contributed by atoms with Crippen molar-refractivity contribution in [2.45, 2.75) is 83.7 Å². The fourth-order valence-corrected chi connectivity index (χ4v) is 8.25. The summed E-state index contributed by atoms with van der Waals surface area (Å²) < 4.78 is 54.1. The molecule has 0 aliphatic carbocycles. The molecule has 2 saturated heterocycles. The SMILES string of the molecule is C[C@@H]1Cc2cc(OCc3ccccc3)ccc2C(c2c(F)cc(N3CCC4(CCCN(CC(=O)O)CCC4)C3)cc2F)N1CC(C)(C)F. The number of benzene rings is 3. The minimum Gasteiger partial charge on any atom is -0.489 e. The Kier molecular flexibility index (Phi) is 10.1. The van der Waals surface area contributed by atoms with Crippen LogP contribution in [-0.4, -0.2) is 71.9 Å². The number of ether oxygens (including phenoxy) is 1. The Morgan fingerprint density at radius 3 is 2.31 bits per heavy atom. The molecule has 6 nitrogen and oxygen atoms in total. The van der Waals surface area contributed by atoms with Gasteiger partial charge in [0.05, 0.1) is 12.6 Å². The van der Waals surface area contributed by atoms with Crippen molar-refractivity contribution in [3.8, 4) is 5.75 Å². The Balaban J connectivity index is 1.25. The van der Waals surface area contributed by atoms with Gasteiger partial charge in [-0.3, -0.25) is 14.6 Å². The van der Waals surface area contributed by atoms with Crippen molar-refractivity contribution in [2.75, 3.05) is 44.2 Å². The van der Waals surface area contributed by atoms with Crippen molar-refractivity contribution >= 4 is 11.7 Å². The number of likely N-dealkylation sites (tertiary alicyclic amines) is 1. The highest BCUT2D eigenvalue weighted by Crippen LogP contribution is 2.45. The molecule has 3 aromatic rings. The molecule has 0 radical (unpaired) electrons. The average molecular weight is 664 g/mol. The summed E-state index contributed by atoms with van der Waals surface area (Å²) in [4.78, 5) is 17.2. The van der Waals surface area contributed by atoms with Crippen LogP contribution >= 0.6 is 0 Å². The number of carboxylic acids is 1. The fourth-order valence-electron chi connectivity index (χ4n) is 8.25. The minimum absolute atomic E-state index is 0.0315. The molecule has 0 aromatic heterocycles. The second-order valence-electron chi connectivity index (χ2n) is 14.9. The molecule has 1 unspecified atom stereocenters. The molecule has 0 saturated carbocycles. The highest BCUT2D eigenvalue weighted by molar-refractivity contribution is 5.69. The number of fused-ring (bicyclic) bond motifs is 1. The summed E-state index contributed by atoms with van der Waals surface area (Å²) in [6, 6.07) is 17.5. The Morgan fingerprint density at radius 2 is 1.67 bits per heavy atom. The average Bonchev–Trinajstić information content (AvgIpc) is 3.44. The highest BCUT2D eigenvalue weighted by Gasteiger charge is 2.41. The van der Waals surface area contributed by atoms with E-state index >= 15 is 13.2 Å². The van der Waals surface area contributed by atoms with E-state index in [1.807, 2.05) is 65.3 Å². The number of hydrogen-bond donors (Lipinski definition) is 1. The van der Waals surface area contributed by atoms with E-state index in [2.05, 4.69) is 4.90 Å².